The first-order valence-corrected chi connectivity index (χ1v) is 12.1. The molecular formula is C29H32N4O6. The van der Waals surface area contributed by atoms with Crippen molar-refractivity contribution in [3.8, 4) is 18.4 Å². The van der Waals surface area contributed by atoms with E-state index in [4.69, 9.17) is 11.2 Å². The van der Waals surface area contributed by atoms with Gasteiger partial charge in [0.25, 0.3) is 0 Å². The van der Waals surface area contributed by atoms with E-state index in [0.29, 0.717) is 11.1 Å². The van der Waals surface area contributed by atoms with Crippen LogP contribution in [0.15, 0.2) is 54.6 Å². The van der Waals surface area contributed by atoms with Crippen molar-refractivity contribution in [1.29, 1.82) is 5.26 Å². The summed E-state index contributed by atoms with van der Waals surface area (Å²) < 4.78 is 9.95. The molecule has 0 aliphatic heterocycles. The lowest BCUT2D eigenvalue weighted by Crippen LogP contribution is -2.54. The van der Waals surface area contributed by atoms with Crippen LogP contribution in [0.2, 0.25) is 0 Å². The van der Waals surface area contributed by atoms with Crippen LogP contribution in [0, 0.1) is 23.7 Å². The summed E-state index contributed by atoms with van der Waals surface area (Å²) in [5.41, 5.74) is 0.787. The van der Waals surface area contributed by atoms with Crippen molar-refractivity contribution < 1.29 is 28.7 Å². The van der Waals surface area contributed by atoms with Crippen molar-refractivity contribution in [3.63, 3.8) is 0 Å². The molecule has 0 heterocycles. The molecule has 10 nitrogen and oxygen atoms in total. The maximum atomic E-state index is 14.0. The number of benzene rings is 2. The van der Waals surface area contributed by atoms with Crippen LogP contribution in [-0.4, -0.2) is 60.6 Å². The fourth-order valence-corrected chi connectivity index (χ4v) is 3.64. The molecule has 0 aromatic heterocycles. The summed E-state index contributed by atoms with van der Waals surface area (Å²) in [4.78, 5) is 52.7. The Hall–Kier alpha value is -4.83. The minimum Gasteiger partial charge on any atom is -0.468 e. The zero-order valence-electron chi connectivity index (χ0n) is 22.4. The summed E-state index contributed by atoms with van der Waals surface area (Å²) in [5, 5.41) is 14.7. The maximum Gasteiger partial charge on any atom is 0.408 e. The van der Waals surface area contributed by atoms with E-state index >= 15 is 0 Å². The minimum absolute atomic E-state index is 0.0629. The standard InChI is InChI=1S/C29H32N4O6/c1-6-20-12-14-22(15-13-20)25(26(35)31-19-24(34)38-5)33(17-16-30)27(36)23(18-21-10-8-7-9-11-21)32-28(37)39-29(2,3)4/h1,7-15,23,25H,17-19H2,2-5H3,(H,31,35)(H,32,37). The number of nitrogens with one attached hydrogen (secondary N) is 2. The highest BCUT2D eigenvalue weighted by Gasteiger charge is 2.36. The highest BCUT2D eigenvalue weighted by atomic mass is 16.6. The second kappa shape index (κ2) is 14.2. The fraction of sp³-hybridized carbons (Fsp3) is 0.345. The SMILES string of the molecule is C#Cc1ccc(C(C(=O)NCC(=O)OC)N(CC#N)C(=O)C(Cc2ccccc2)NC(=O)OC(C)(C)C)cc1. The van der Waals surface area contributed by atoms with Gasteiger partial charge in [0.05, 0.1) is 13.2 Å². The number of methoxy groups -OCH3 is 1. The molecule has 2 aromatic rings. The van der Waals surface area contributed by atoms with Crippen molar-refractivity contribution in [2.24, 2.45) is 0 Å². The number of rotatable bonds is 10. The Morgan fingerprint density at radius 1 is 1.05 bits per heavy atom. The number of esters is 1. The first-order valence-electron chi connectivity index (χ1n) is 12.1. The lowest BCUT2D eigenvalue weighted by molar-refractivity contribution is -0.144. The van der Waals surface area contributed by atoms with Gasteiger partial charge in [-0.15, -0.1) is 6.42 Å². The van der Waals surface area contributed by atoms with Crippen LogP contribution in [0.25, 0.3) is 0 Å². The topological polar surface area (TPSA) is 138 Å². The van der Waals surface area contributed by atoms with Gasteiger partial charge >= 0.3 is 12.1 Å². The van der Waals surface area contributed by atoms with Gasteiger partial charge in [-0.05, 0) is 44.0 Å². The number of terminal acetylenes is 1. The van der Waals surface area contributed by atoms with Crippen LogP contribution in [-0.2, 0) is 30.3 Å². The summed E-state index contributed by atoms with van der Waals surface area (Å²) in [6.45, 7) is 4.11. The third kappa shape index (κ3) is 9.52. The van der Waals surface area contributed by atoms with Crippen LogP contribution >= 0.6 is 0 Å². The molecular weight excluding hydrogens is 500 g/mol. The number of nitriles is 1. The summed E-state index contributed by atoms with van der Waals surface area (Å²) in [5.74, 6) is 0.347. The van der Waals surface area contributed by atoms with E-state index in [-0.39, 0.29) is 6.42 Å². The number of alkyl carbamates (subject to hydrolysis) is 1. The van der Waals surface area contributed by atoms with Gasteiger partial charge in [0.15, 0.2) is 0 Å². The first-order chi connectivity index (χ1) is 18.5. The van der Waals surface area contributed by atoms with Gasteiger partial charge in [-0.25, -0.2) is 4.79 Å². The minimum atomic E-state index is -1.33. The predicted molar refractivity (Wildman–Crippen MR) is 143 cm³/mol. The second-order valence-electron chi connectivity index (χ2n) is 9.48. The third-order valence-electron chi connectivity index (χ3n) is 5.38. The average Bonchev–Trinajstić information content (AvgIpc) is 2.90. The van der Waals surface area contributed by atoms with Crippen molar-refractivity contribution >= 4 is 23.9 Å². The van der Waals surface area contributed by atoms with Crippen molar-refractivity contribution in [1.82, 2.24) is 15.5 Å². The third-order valence-corrected chi connectivity index (χ3v) is 5.38. The van der Waals surface area contributed by atoms with E-state index in [2.05, 4.69) is 21.3 Å². The second-order valence-corrected chi connectivity index (χ2v) is 9.48. The van der Waals surface area contributed by atoms with Gasteiger partial charge < -0.3 is 25.0 Å². The van der Waals surface area contributed by atoms with E-state index in [1.54, 1.807) is 69.3 Å². The van der Waals surface area contributed by atoms with Crippen molar-refractivity contribution in [2.45, 2.75) is 44.9 Å². The molecule has 2 atom stereocenters. The summed E-state index contributed by atoms with van der Waals surface area (Å²) in [7, 11) is 1.17. The largest absolute Gasteiger partial charge is 0.468 e. The lowest BCUT2D eigenvalue weighted by Gasteiger charge is -2.33. The van der Waals surface area contributed by atoms with Gasteiger partial charge in [-0.1, -0.05) is 48.4 Å². The molecule has 0 radical (unpaired) electrons. The summed E-state index contributed by atoms with van der Waals surface area (Å²) >= 11 is 0. The van der Waals surface area contributed by atoms with E-state index in [1.165, 1.54) is 7.11 Å². The molecule has 2 N–H and O–H groups in total. The molecule has 2 aromatic carbocycles. The molecule has 2 unspecified atom stereocenters. The Labute approximate surface area is 228 Å². The first kappa shape index (κ1) is 30.4. The molecule has 10 heteroatoms. The predicted octanol–water partition coefficient (Wildman–Crippen LogP) is 2.49. The summed E-state index contributed by atoms with van der Waals surface area (Å²) in [6, 6.07) is 14.6. The molecule has 0 spiro atoms. The quantitative estimate of drug-likeness (QED) is 0.272. The molecule has 2 rings (SSSR count). The number of carbonyl (C=O) groups is 4. The van der Waals surface area contributed by atoms with Crippen LogP contribution in [0.4, 0.5) is 4.79 Å². The normalized spacial score (nSPS) is 12.1. The van der Waals surface area contributed by atoms with Crippen LogP contribution in [0.1, 0.15) is 43.5 Å². The van der Waals surface area contributed by atoms with Gasteiger partial charge in [0, 0.05) is 12.0 Å². The lowest BCUT2D eigenvalue weighted by atomic mass is 9.99. The maximum absolute atomic E-state index is 14.0. The fourth-order valence-electron chi connectivity index (χ4n) is 3.64. The zero-order chi connectivity index (χ0) is 29.0. The molecule has 0 aliphatic rings. The number of hydrogen-bond donors (Lipinski definition) is 2. The van der Waals surface area contributed by atoms with Crippen molar-refractivity contribution in [2.75, 3.05) is 20.2 Å². The average molecular weight is 533 g/mol. The Morgan fingerprint density at radius 2 is 1.69 bits per heavy atom. The molecule has 3 amide bonds. The van der Waals surface area contributed by atoms with Gasteiger partial charge in [-0.2, -0.15) is 5.26 Å². The Morgan fingerprint density at radius 3 is 2.23 bits per heavy atom. The highest BCUT2D eigenvalue weighted by molar-refractivity contribution is 5.93. The van der Waals surface area contributed by atoms with Gasteiger partial charge in [0.2, 0.25) is 11.8 Å². The van der Waals surface area contributed by atoms with Crippen LogP contribution in [0.5, 0.6) is 0 Å². The molecule has 0 saturated heterocycles. The molecule has 0 saturated carbocycles. The van der Waals surface area contributed by atoms with Crippen LogP contribution < -0.4 is 10.6 Å². The van der Waals surface area contributed by atoms with E-state index in [9.17, 15) is 24.4 Å². The van der Waals surface area contributed by atoms with E-state index in [1.807, 2.05) is 12.1 Å². The Kier molecular flexibility index (Phi) is 11.1. The van der Waals surface area contributed by atoms with Gasteiger partial charge in [0.1, 0.15) is 30.8 Å². The number of amides is 3. The number of carbonyl (C=O) groups excluding carboxylic acids is 4. The Bertz CT molecular complexity index is 1240. The van der Waals surface area contributed by atoms with E-state index in [0.717, 1.165) is 10.5 Å². The molecule has 39 heavy (non-hydrogen) atoms. The molecule has 0 aliphatic carbocycles. The summed E-state index contributed by atoms with van der Waals surface area (Å²) in [6.07, 6.45) is 4.68. The van der Waals surface area contributed by atoms with E-state index < -0.39 is 54.7 Å². The highest BCUT2D eigenvalue weighted by Crippen LogP contribution is 2.24. The van der Waals surface area contributed by atoms with Crippen LogP contribution in [0.3, 0.4) is 0 Å². The molecule has 0 fully saturated rings. The zero-order valence-corrected chi connectivity index (χ0v) is 22.4. The Balaban J connectivity index is 2.52. The monoisotopic (exact) mass is 532 g/mol. The molecule has 0 bridgehead atoms. The van der Waals surface area contributed by atoms with Crippen molar-refractivity contribution in [3.05, 3.63) is 71.3 Å². The number of hydrogen-bond acceptors (Lipinski definition) is 7. The molecule has 204 valence electrons. The number of nitrogens with zero attached hydrogens (tertiary/aromatic N) is 2. The smallest absolute Gasteiger partial charge is 0.408 e. The number of ether oxygens (including phenoxy) is 2. The van der Waals surface area contributed by atoms with Gasteiger partial charge in [-0.3, -0.25) is 14.4 Å².